The molecule has 0 unspecified atom stereocenters. The predicted octanol–water partition coefficient (Wildman–Crippen LogP) is 1.65. The second-order valence-corrected chi connectivity index (χ2v) is 7.27. The molecule has 3 rings (SSSR count). The highest BCUT2D eigenvalue weighted by atomic mass is 16.5. The van der Waals surface area contributed by atoms with Crippen molar-refractivity contribution in [3.05, 3.63) is 18.5 Å². The minimum absolute atomic E-state index is 0.0271. The van der Waals surface area contributed by atoms with Gasteiger partial charge in [0.15, 0.2) is 0 Å². The van der Waals surface area contributed by atoms with Crippen LogP contribution in [0.15, 0.2) is 18.5 Å². The van der Waals surface area contributed by atoms with Crippen LogP contribution in [0, 0.1) is 11.8 Å². The largest absolute Gasteiger partial charge is 0.380 e. The highest BCUT2D eigenvalue weighted by molar-refractivity contribution is 5.79. The molecule has 0 radical (unpaired) electrons. The van der Waals surface area contributed by atoms with Crippen molar-refractivity contribution in [2.45, 2.75) is 57.2 Å². The molecule has 0 bridgehead atoms. The molecule has 2 aliphatic rings. The first-order chi connectivity index (χ1) is 11.7. The van der Waals surface area contributed by atoms with Crippen LogP contribution in [0.3, 0.4) is 0 Å². The van der Waals surface area contributed by atoms with Gasteiger partial charge in [0, 0.05) is 51.1 Å². The first-order valence-electron chi connectivity index (χ1n) is 9.22. The third kappa shape index (κ3) is 4.16. The molecule has 0 aromatic carbocycles. The second-order valence-electron chi connectivity index (χ2n) is 7.27. The van der Waals surface area contributed by atoms with Gasteiger partial charge in [-0.05, 0) is 50.5 Å². The molecule has 1 amide bonds. The van der Waals surface area contributed by atoms with Gasteiger partial charge in [-0.3, -0.25) is 9.48 Å². The van der Waals surface area contributed by atoms with Gasteiger partial charge in [0.25, 0.3) is 0 Å². The van der Waals surface area contributed by atoms with E-state index < -0.39 is 0 Å². The number of aromatic nitrogens is 2. The number of nitrogens with zero attached hydrogens (tertiary/aromatic N) is 3. The number of rotatable bonds is 5. The van der Waals surface area contributed by atoms with E-state index in [1.54, 1.807) is 7.11 Å². The maximum Gasteiger partial charge on any atom is 0.225 e. The van der Waals surface area contributed by atoms with Crippen LogP contribution in [-0.4, -0.2) is 52.9 Å². The summed E-state index contributed by atoms with van der Waals surface area (Å²) in [5, 5.41) is 4.26. The number of likely N-dealkylation sites (tertiary alicyclic amines) is 1. The number of aryl methyl sites for hydroxylation is 1. The molecule has 1 aliphatic heterocycles. The maximum absolute atomic E-state index is 12.8. The van der Waals surface area contributed by atoms with Gasteiger partial charge in [0.05, 0.1) is 6.10 Å². The fourth-order valence-corrected chi connectivity index (χ4v) is 4.10. The van der Waals surface area contributed by atoms with Crippen molar-refractivity contribution < 1.29 is 9.53 Å². The Morgan fingerprint density at radius 3 is 2.75 bits per heavy atom. The lowest BCUT2D eigenvalue weighted by Gasteiger charge is -2.38. The number of ether oxygens (including phenoxy) is 1. The summed E-state index contributed by atoms with van der Waals surface area (Å²) in [5.74, 6) is 1.11. The molecule has 2 N–H and O–H groups in total. The molecule has 2 heterocycles. The van der Waals surface area contributed by atoms with Gasteiger partial charge in [-0.1, -0.05) is 0 Å². The van der Waals surface area contributed by atoms with E-state index in [0.717, 1.165) is 58.2 Å². The fraction of sp³-hybridized carbons (Fsp3) is 0.778. The summed E-state index contributed by atoms with van der Waals surface area (Å²) in [5.41, 5.74) is 6.07. The summed E-state index contributed by atoms with van der Waals surface area (Å²) in [4.78, 5) is 14.9. The Morgan fingerprint density at radius 1 is 1.29 bits per heavy atom. The van der Waals surface area contributed by atoms with Crippen LogP contribution in [0.5, 0.6) is 0 Å². The molecule has 1 saturated carbocycles. The molecule has 0 spiro atoms. The second kappa shape index (κ2) is 8.12. The average molecular weight is 334 g/mol. The zero-order valence-electron chi connectivity index (χ0n) is 14.6. The van der Waals surface area contributed by atoms with Crippen LogP contribution in [0.4, 0.5) is 0 Å². The predicted molar refractivity (Wildman–Crippen MR) is 92.3 cm³/mol. The molecule has 6 nitrogen and oxygen atoms in total. The van der Waals surface area contributed by atoms with Crippen LogP contribution in [0.2, 0.25) is 0 Å². The Morgan fingerprint density at radius 2 is 2.08 bits per heavy atom. The lowest BCUT2D eigenvalue weighted by Crippen LogP contribution is -2.48. The Bertz CT molecular complexity index is 511. The number of amides is 1. The zero-order valence-corrected chi connectivity index (χ0v) is 14.6. The van der Waals surface area contributed by atoms with Crippen LogP contribution in [0.25, 0.3) is 0 Å². The monoisotopic (exact) mass is 334 g/mol. The van der Waals surface area contributed by atoms with Gasteiger partial charge in [-0.25, -0.2) is 0 Å². The molecular weight excluding hydrogens is 304 g/mol. The van der Waals surface area contributed by atoms with E-state index in [4.69, 9.17) is 10.5 Å². The lowest BCUT2D eigenvalue weighted by atomic mass is 9.82. The smallest absolute Gasteiger partial charge is 0.225 e. The highest BCUT2D eigenvalue weighted by Crippen LogP contribution is 2.29. The van der Waals surface area contributed by atoms with E-state index in [1.165, 1.54) is 0 Å². The van der Waals surface area contributed by atoms with Crippen molar-refractivity contribution in [1.82, 2.24) is 14.7 Å². The third-order valence-corrected chi connectivity index (χ3v) is 5.75. The number of methoxy groups -OCH3 is 1. The van der Waals surface area contributed by atoms with Crippen LogP contribution in [-0.2, 0) is 16.1 Å². The summed E-state index contributed by atoms with van der Waals surface area (Å²) in [6.07, 6.45) is 9.78. The van der Waals surface area contributed by atoms with Crippen molar-refractivity contribution in [2.24, 2.45) is 17.6 Å². The van der Waals surface area contributed by atoms with Crippen molar-refractivity contribution in [3.8, 4) is 0 Å². The Labute approximate surface area is 144 Å². The minimum atomic E-state index is 0.0271. The zero-order chi connectivity index (χ0) is 16.9. The number of carbonyl (C=O) groups is 1. The quantitative estimate of drug-likeness (QED) is 0.889. The average Bonchev–Trinajstić information content (AvgIpc) is 3.14. The number of nitrogens with two attached hydrogens (primary N) is 1. The Hall–Kier alpha value is -1.40. The van der Waals surface area contributed by atoms with E-state index in [0.29, 0.717) is 11.8 Å². The number of hydrogen-bond acceptors (Lipinski definition) is 4. The molecule has 134 valence electrons. The number of carbonyl (C=O) groups excluding carboxylic acids is 1. The van der Waals surface area contributed by atoms with E-state index in [1.807, 2.05) is 23.1 Å². The molecule has 1 aromatic heterocycles. The van der Waals surface area contributed by atoms with Crippen molar-refractivity contribution in [1.29, 1.82) is 0 Å². The molecular formula is C18H30N4O2. The summed E-state index contributed by atoms with van der Waals surface area (Å²) in [6.45, 7) is 2.76. The summed E-state index contributed by atoms with van der Waals surface area (Å²) < 4.78 is 7.45. The molecule has 6 heteroatoms. The molecule has 1 aliphatic carbocycles. The molecule has 1 aromatic rings. The standard InChI is InChI=1S/C18H30N4O2/c1-24-17-13-15(3-4-16(17)19)18(23)21-10-5-14(6-11-21)7-12-22-9-2-8-20-22/h2,8-9,14-17H,3-7,10-13,19H2,1H3/t15-,16-,17-/m0/s1. The van der Waals surface area contributed by atoms with Crippen LogP contribution in [0.1, 0.15) is 38.5 Å². The molecule has 2 fully saturated rings. The molecule has 3 atom stereocenters. The molecule has 24 heavy (non-hydrogen) atoms. The van der Waals surface area contributed by atoms with Crippen molar-refractivity contribution >= 4 is 5.91 Å². The van der Waals surface area contributed by atoms with Crippen LogP contribution < -0.4 is 5.73 Å². The Kier molecular flexibility index (Phi) is 5.89. The minimum Gasteiger partial charge on any atom is -0.380 e. The van der Waals surface area contributed by atoms with Gasteiger partial charge in [-0.15, -0.1) is 0 Å². The SMILES string of the molecule is CO[C@H]1C[C@@H](C(=O)N2CCC(CCn3cccn3)CC2)CC[C@@H]1N. The normalized spacial score (nSPS) is 28.9. The van der Waals surface area contributed by atoms with E-state index in [9.17, 15) is 4.79 Å². The Balaban J connectivity index is 1.43. The van der Waals surface area contributed by atoms with E-state index in [-0.39, 0.29) is 18.1 Å². The summed E-state index contributed by atoms with van der Waals surface area (Å²) in [6, 6.07) is 2.04. The van der Waals surface area contributed by atoms with E-state index >= 15 is 0 Å². The third-order valence-electron chi connectivity index (χ3n) is 5.75. The van der Waals surface area contributed by atoms with Crippen molar-refractivity contribution in [2.75, 3.05) is 20.2 Å². The fourth-order valence-electron chi connectivity index (χ4n) is 4.10. The van der Waals surface area contributed by atoms with Gasteiger partial charge in [0.2, 0.25) is 5.91 Å². The van der Waals surface area contributed by atoms with Gasteiger partial charge in [-0.2, -0.15) is 5.10 Å². The first-order valence-corrected chi connectivity index (χ1v) is 9.22. The topological polar surface area (TPSA) is 73.4 Å². The van der Waals surface area contributed by atoms with Gasteiger partial charge in [0.1, 0.15) is 0 Å². The number of piperidine rings is 1. The van der Waals surface area contributed by atoms with Crippen LogP contribution >= 0.6 is 0 Å². The summed E-state index contributed by atoms with van der Waals surface area (Å²) >= 11 is 0. The van der Waals surface area contributed by atoms with Gasteiger partial charge >= 0.3 is 0 Å². The molecule has 1 saturated heterocycles. The lowest BCUT2D eigenvalue weighted by molar-refractivity contribution is -0.140. The first kappa shape index (κ1) is 17.4. The number of hydrogen-bond donors (Lipinski definition) is 1. The van der Waals surface area contributed by atoms with E-state index in [2.05, 4.69) is 10.00 Å². The van der Waals surface area contributed by atoms with Gasteiger partial charge < -0.3 is 15.4 Å². The highest BCUT2D eigenvalue weighted by Gasteiger charge is 2.35. The maximum atomic E-state index is 12.8. The summed E-state index contributed by atoms with van der Waals surface area (Å²) in [7, 11) is 1.70. The van der Waals surface area contributed by atoms with Crippen molar-refractivity contribution in [3.63, 3.8) is 0 Å².